The zero-order valence-electron chi connectivity index (χ0n) is 11.2. The molecule has 0 spiro atoms. The molecule has 0 bridgehead atoms. The van der Waals surface area contributed by atoms with Crippen LogP contribution in [0.3, 0.4) is 0 Å². The van der Waals surface area contributed by atoms with E-state index < -0.39 is 0 Å². The predicted octanol–water partition coefficient (Wildman–Crippen LogP) is 2.80. The van der Waals surface area contributed by atoms with E-state index >= 15 is 0 Å². The number of methoxy groups -OCH3 is 1. The summed E-state index contributed by atoms with van der Waals surface area (Å²) < 4.78 is 4.85. The molecule has 0 aliphatic heterocycles. The average Bonchev–Trinajstić information content (AvgIpc) is 2.38. The minimum atomic E-state index is -0.201. The van der Waals surface area contributed by atoms with E-state index in [9.17, 15) is 4.79 Å². The van der Waals surface area contributed by atoms with Crippen LogP contribution in [0, 0.1) is 0 Å². The van der Waals surface area contributed by atoms with E-state index in [2.05, 4.69) is 29.7 Å². The third kappa shape index (κ3) is 5.68. The van der Waals surface area contributed by atoms with Gasteiger partial charge in [-0.1, -0.05) is 25.5 Å². The summed E-state index contributed by atoms with van der Waals surface area (Å²) in [5, 5.41) is 5.48. The number of hydrogen-bond acceptors (Lipinski definition) is 2. The van der Waals surface area contributed by atoms with E-state index in [1.54, 1.807) is 7.11 Å². The fourth-order valence-corrected chi connectivity index (χ4v) is 1.58. The quantitative estimate of drug-likeness (QED) is 0.731. The number of unbranched alkanes of at least 4 members (excludes halogenated alkanes) is 1. The standard InChI is InChI=1S/C14H22N2O2/c1-3-4-5-12-6-8-13(9-7-12)16-14(17)15-10-11-18-2/h6-9H,3-5,10-11H2,1-2H3,(H2,15,16,17). The number of aryl methyl sites for hydroxylation is 1. The normalized spacial score (nSPS) is 10.1. The maximum atomic E-state index is 11.5. The Bertz CT molecular complexity index is 349. The van der Waals surface area contributed by atoms with E-state index in [1.165, 1.54) is 18.4 Å². The van der Waals surface area contributed by atoms with Crippen molar-refractivity contribution in [1.82, 2.24) is 5.32 Å². The SMILES string of the molecule is CCCCc1ccc(NC(=O)NCCOC)cc1. The van der Waals surface area contributed by atoms with E-state index in [0.29, 0.717) is 13.2 Å². The lowest BCUT2D eigenvalue weighted by Gasteiger charge is -2.08. The fraction of sp³-hybridized carbons (Fsp3) is 0.500. The smallest absolute Gasteiger partial charge is 0.319 e. The highest BCUT2D eigenvalue weighted by Gasteiger charge is 2.00. The summed E-state index contributed by atoms with van der Waals surface area (Å²) in [5.41, 5.74) is 2.12. The van der Waals surface area contributed by atoms with Gasteiger partial charge in [0, 0.05) is 19.3 Å². The third-order valence-corrected chi connectivity index (χ3v) is 2.62. The van der Waals surface area contributed by atoms with Crippen molar-refractivity contribution < 1.29 is 9.53 Å². The van der Waals surface area contributed by atoms with Crippen LogP contribution in [0.2, 0.25) is 0 Å². The topological polar surface area (TPSA) is 50.4 Å². The first-order valence-electron chi connectivity index (χ1n) is 6.39. The van der Waals surface area contributed by atoms with Crippen molar-refractivity contribution in [3.05, 3.63) is 29.8 Å². The number of amides is 2. The van der Waals surface area contributed by atoms with Crippen LogP contribution in [0.4, 0.5) is 10.5 Å². The number of rotatable bonds is 7. The summed E-state index contributed by atoms with van der Waals surface area (Å²) in [6.45, 7) is 3.21. The van der Waals surface area contributed by atoms with Crippen LogP contribution in [0.15, 0.2) is 24.3 Å². The number of nitrogens with one attached hydrogen (secondary N) is 2. The lowest BCUT2D eigenvalue weighted by atomic mass is 10.1. The number of carbonyl (C=O) groups is 1. The van der Waals surface area contributed by atoms with Gasteiger partial charge in [0.15, 0.2) is 0 Å². The minimum Gasteiger partial charge on any atom is -0.383 e. The van der Waals surface area contributed by atoms with Crippen LogP contribution in [0.25, 0.3) is 0 Å². The molecule has 2 N–H and O–H groups in total. The molecule has 4 heteroatoms. The number of urea groups is 1. The van der Waals surface area contributed by atoms with Crippen molar-refractivity contribution in [3.8, 4) is 0 Å². The molecule has 0 heterocycles. The van der Waals surface area contributed by atoms with Crippen molar-refractivity contribution in [2.45, 2.75) is 26.2 Å². The maximum absolute atomic E-state index is 11.5. The van der Waals surface area contributed by atoms with Gasteiger partial charge in [0.2, 0.25) is 0 Å². The Morgan fingerprint density at radius 1 is 1.28 bits per heavy atom. The van der Waals surface area contributed by atoms with Crippen molar-refractivity contribution in [1.29, 1.82) is 0 Å². The van der Waals surface area contributed by atoms with Gasteiger partial charge in [0.1, 0.15) is 0 Å². The van der Waals surface area contributed by atoms with E-state index in [4.69, 9.17) is 4.74 Å². The zero-order chi connectivity index (χ0) is 13.2. The molecule has 2 amide bonds. The molecule has 0 fully saturated rings. The van der Waals surface area contributed by atoms with Crippen molar-refractivity contribution in [3.63, 3.8) is 0 Å². The minimum absolute atomic E-state index is 0.201. The third-order valence-electron chi connectivity index (χ3n) is 2.62. The Labute approximate surface area is 109 Å². The molecule has 0 unspecified atom stereocenters. The highest BCUT2D eigenvalue weighted by molar-refractivity contribution is 5.89. The molecule has 18 heavy (non-hydrogen) atoms. The number of hydrogen-bond donors (Lipinski definition) is 2. The first-order valence-corrected chi connectivity index (χ1v) is 6.39. The Balaban J connectivity index is 2.35. The van der Waals surface area contributed by atoms with Crippen LogP contribution in [-0.2, 0) is 11.2 Å². The van der Waals surface area contributed by atoms with Crippen LogP contribution >= 0.6 is 0 Å². The fourth-order valence-electron chi connectivity index (χ4n) is 1.58. The molecule has 1 rings (SSSR count). The summed E-state index contributed by atoms with van der Waals surface area (Å²) in [6.07, 6.45) is 3.49. The van der Waals surface area contributed by atoms with Gasteiger partial charge in [-0.05, 0) is 30.5 Å². The van der Waals surface area contributed by atoms with E-state index in [-0.39, 0.29) is 6.03 Å². The molecule has 100 valence electrons. The maximum Gasteiger partial charge on any atom is 0.319 e. The van der Waals surface area contributed by atoms with Gasteiger partial charge in [-0.2, -0.15) is 0 Å². The molecular formula is C14H22N2O2. The van der Waals surface area contributed by atoms with E-state index in [1.807, 2.05) is 12.1 Å². The molecule has 4 nitrogen and oxygen atoms in total. The molecule has 0 saturated carbocycles. The second-order valence-electron chi connectivity index (χ2n) is 4.17. The Morgan fingerprint density at radius 2 is 2.00 bits per heavy atom. The van der Waals surface area contributed by atoms with Crippen LogP contribution < -0.4 is 10.6 Å². The Kier molecular flexibility index (Phi) is 6.87. The van der Waals surface area contributed by atoms with Gasteiger partial charge < -0.3 is 15.4 Å². The second-order valence-corrected chi connectivity index (χ2v) is 4.17. The van der Waals surface area contributed by atoms with Crippen molar-refractivity contribution in [2.24, 2.45) is 0 Å². The molecule has 1 aromatic rings. The van der Waals surface area contributed by atoms with E-state index in [0.717, 1.165) is 12.1 Å². The van der Waals surface area contributed by atoms with Gasteiger partial charge in [0.25, 0.3) is 0 Å². The van der Waals surface area contributed by atoms with Crippen LogP contribution in [0.5, 0.6) is 0 Å². The predicted molar refractivity (Wildman–Crippen MR) is 74.0 cm³/mol. The number of benzene rings is 1. The highest BCUT2D eigenvalue weighted by Crippen LogP contribution is 2.11. The molecule has 0 radical (unpaired) electrons. The van der Waals surface area contributed by atoms with Crippen LogP contribution in [-0.4, -0.2) is 26.3 Å². The lowest BCUT2D eigenvalue weighted by Crippen LogP contribution is -2.31. The Morgan fingerprint density at radius 3 is 2.61 bits per heavy atom. The van der Waals surface area contributed by atoms with Gasteiger partial charge in [-0.15, -0.1) is 0 Å². The van der Waals surface area contributed by atoms with Crippen LogP contribution in [0.1, 0.15) is 25.3 Å². The monoisotopic (exact) mass is 250 g/mol. The number of carbonyl (C=O) groups excluding carboxylic acids is 1. The highest BCUT2D eigenvalue weighted by atomic mass is 16.5. The summed E-state index contributed by atoms with van der Waals surface area (Å²) in [6, 6.07) is 7.77. The molecular weight excluding hydrogens is 228 g/mol. The van der Waals surface area contributed by atoms with Crippen molar-refractivity contribution in [2.75, 3.05) is 25.6 Å². The number of ether oxygens (including phenoxy) is 1. The summed E-state index contributed by atoms with van der Waals surface area (Å²) in [4.78, 5) is 11.5. The summed E-state index contributed by atoms with van der Waals surface area (Å²) >= 11 is 0. The molecule has 0 aliphatic rings. The molecule has 0 aliphatic carbocycles. The largest absolute Gasteiger partial charge is 0.383 e. The molecule has 0 aromatic heterocycles. The molecule has 0 atom stereocenters. The van der Waals surface area contributed by atoms with Crippen molar-refractivity contribution >= 4 is 11.7 Å². The molecule has 0 saturated heterocycles. The molecule has 1 aromatic carbocycles. The first kappa shape index (κ1) is 14.5. The van der Waals surface area contributed by atoms with Gasteiger partial charge in [0.05, 0.1) is 6.61 Å². The second kappa shape index (κ2) is 8.53. The zero-order valence-corrected chi connectivity index (χ0v) is 11.2. The Hall–Kier alpha value is -1.55. The van der Waals surface area contributed by atoms with Gasteiger partial charge in [-0.25, -0.2) is 4.79 Å². The number of anilines is 1. The lowest BCUT2D eigenvalue weighted by molar-refractivity contribution is 0.198. The first-order chi connectivity index (χ1) is 8.76. The summed E-state index contributed by atoms with van der Waals surface area (Å²) in [5.74, 6) is 0. The average molecular weight is 250 g/mol. The summed E-state index contributed by atoms with van der Waals surface area (Å²) in [7, 11) is 1.61. The van der Waals surface area contributed by atoms with Gasteiger partial charge in [-0.3, -0.25) is 0 Å². The van der Waals surface area contributed by atoms with Gasteiger partial charge >= 0.3 is 6.03 Å².